The molecule has 0 fully saturated rings. The number of carbonyl (C=O) groups is 1. The molecule has 1 rings (SSSR count). The van der Waals surface area contributed by atoms with Gasteiger partial charge in [-0.3, -0.25) is 4.79 Å². The lowest BCUT2D eigenvalue weighted by Gasteiger charge is -2.27. The van der Waals surface area contributed by atoms with E-state index in [0.717, 1.165) is 31.3 Å². The number of rotatable bonds is 2. The summed E-state index contributed by atoms with van der Waals surface area (Å²) in [5.74, 6) is 0.369. The SMILES string of the molecule is CCCC1=CCC(C)(C)CC1=O. The molecule has 1 heteroatoms. The second kappa shape index (κ2) is 3.42. The third-order valence-electron chi connectivity index (χ3n) is 2.42. The van der Waals surface area contributed by atoms with E-state index < -0.39 is 0 Å². The first-order valence-electron chi connectivity index (χ1n) is 4.77. The molecule has 0 aromatic heterocycles. The minimum atomic E-state index is 0.203. The minimum absolute atomic E-state index is 0.203. The van der Waals surface area contributed by atoms with Crippen LogP contribution in [0.15, 0.2) is 11.6 Å². The van der Waals surface area contributed by atoms with Gasteiger partial charge in [-0.15, -0.1) is 0 Å². The molecule has 0 N–H and O–H groups in total. The van der Waals surface area contributed by atoms with Gasteiger partial charge in [0.15, 0.2) is 5.78 Å². The zero-order valence-electron chi connectivity index (χ0n) is 8.31. The lowest BCUT2D eigenvalue weighted by atomic mass is 9.77. The number of carbonyl (C=O) groups excluding carboxylic acids is 1. The predicted molar refractivity (Wildman–Crippen MR) is 51.0 cm³/mol. The van der Waals surface area contributed by atoms with Gasteiger partial charge in [0, 0.05) is 6.42 Å². The summed E-state index contributed by atoms with van der Waals surface area (Å²) in [4.78, 5) is 11.5. The summed E-state index contributed by atoms with van der Waals surface area (Å²) < 4.78 is 0. The van der Waals surface area contributed by atoms with E-state index in [1.807, 2.05) is 0 Å². The van der Waals surface area contributed by atoms with Crippen molar-refractivity contribution in [2.24, 2.45) is 5.41 Å². The van der Waals surface area contributed by atoms with Crippen LogP contribution in [0.2, 0.25) is 0 Å². The van der Waals surface area contributed by atoms with Gasteiger partial charge in [0.1, 0.15) is 0 Å². The number of Topliss-reactive ketones (excluding diaryl/α,β-unsaturated/α-hetero) is 1. The average Bonchev–Trinajstić information content (AvgIpc) is 1.94. The molecule has 0 aromatic rings. The van der Waals surface area contributed by atoms with E-state index in [1.165, 1.54) is 0 Å². The van der Waals surface area contributed by atoms with Crippen molar-refractivity contribution in [2.45, 2.75) is 46.5 Å². The molecule has 0 aliphatic heterocycles. The number of hydrogen-bond donors (Lipinski definition) is 0. The number of hydrogen-bond acceptors (Lipinski definition) is 1. The lowest BCUT2D eigenvalue weighted by Crippen LogP contribution is -2.22. The van der Waals surface area contributed by atoms with Crippen LogP contribution in [0.25, 0.3) is 0 Å². The van der Waals surface area contributed by atoms with Crippen LogP contribution in [-0.2, 0) is 4.79 Å². The first kappa shape index (κ1) is 9.50. The fraction of sp³-hybridized carbons (Fsp3) is 0.727. The Balaban J connectivity index is 2.68. The molecular formula is C11H18O. The van der Waals surface area contributed by atoms with Gasteiger partial charge in [0.25, 0.3) is 0 Å². The van der Waals surface area contributed by atoms with Gasteiger partial charge in [-0.05, 0) is 23.8 Å². The molecule has 12 heavy (non-hydrogen) atoms. The van der Waals surface area contributed by atoms with Crippen molar-refractivity contribution in [3.63, 3.8) is 0 Å². The first-order chi connectivity index (χ1) is 5.55. The Hall–Kier alpha value is -0.590. The van der Waals surface area contributed by atoms with Crippen LogP contribution in [-0.4, -0.2) is 5.78 Å². The molecule has 0 saturated carbocycles. The van der Waals surface area contributed by atoms with E-state index in [4.69, 9.17) is 0 Å². The maximum Gasteiger partial charge on any atom is 0.159 e. The Morgan fingerprint density at radius 1 is 1.50 bits per heavy atom. The van der Waals surface area contributed by atoms with Crippen LogP contribution in [0.4, 0.5) is 0 Å². The van der Waals surface area contributed by atoms with Crippen LogP contribution in [0.5, 0.6) is 0 Å². The molecule has 0 spiro atoms. The molecule has 0 aromatic carbocycles. The molecule has 0 unspecified atom stereocenters. The van der Waals surface area contributed by atoms with E-state index in [2.05, 4.69) is 26.8 Å². The summed E-state index contributed by atoms with van der Waals surface area (Å²) in [6.45, 7) is 6.43. The number of allylic oxidation sites excluding steroid dienone is 2. The largest absolute Gasteiger partial charge is 0.295 e. The van der Waals surface area contributed by atoms with Crippen molar-refractivity contribution < 1.29 is 4.79 Å². The fourth-order valence-corrected chi connectivity index (χ4v) is 1.64. The maximum atomic E-state index is 11.5. The van der Waals surface area contributed by atoms with Crippen molar-refractivity contribution in [1.82, 2.24) is 0 Å². The van der Waals surface area contributed by atoms with Crippen molar-refractivity contribution in [2.75, 3.05) is 0 Å². The molecule has 1 nitrogen and oxygen atoms in total. The van der Waals surface area contributed by atoms with E-state index in [1.54, 1.807) is 0 Å². The Kier molecular flexibility index (Phi) is 2.71. The van der Waals surface area contributed by atoms with Gasteiger partial charge >= 0.3 is 0 Å². The smallest absolute Gasteiger partial charge is 0.159 e. The molecular weight excluding hydrogens is 148 g/mol. The summed E-state index contributed by atoms with van der Waals surface area (Å²) in [5, 5.41) is 0. The molecule has 0 bridgehead atoms. The molecule has 0 saturated heterocycles. The second-order valence-corrected chi connectivity index (χ2v) is 4.45. The topological polar surface area (TPSA) is 17.1 Å². The second-order valence-electron chi connectivity index (χ2n) is 4.45. The molecule has 1 aliphatic carbocycles. The number of ketones is 1. The molecule has 68 valence electrons. The van der Waals surface area contributed by atoms with E-state index in [-0.39, 0.29) is 5.41 Å². The summed E-state index contributed by atoms with van der Waals surface area (Å²) in [5.41, 5.74) is 1.27. The Morgan fingerprint density at radius 3 is 2.67 bits per heavy atom. The van der Waals surface area contributed by atoms with Gasteiger partial charge in [0.2, 0.25) is 0 Å². The van der Waals surface area contributed by atoms with Crippen LogP contribution < -0.4 is 0 Å². The van der Waals surface area contributed by atoms with Crippen molar-refractivity contribution in [3.05, 3.63) is 11.6 Å². The third kappa shape index (κ3) is 2.20. The van der Waals surface area contributed by atoms with E-state index >= 15 is 0 Å². The Bertz CT molecular complexity index is 211. The van der Waals surface area contributed by atoms with Gasteiger partial charge in [-0.2, -0.15) is 0 Å². The average molecular weight is 166 g/mol. The normalized spacial score (nSPS) is 22.2. The molecule has 0 radical (unpaired) electrons. The summed E-state index contributed by atoms with van der Waals surface area (Å²) >= 11 is 0. The highest BCUT2D eigenvalue weighted by atomic mass is 16.1. The Labute approximate surface area is 74.9 Å². The van der Waals surface area contributed by atoms with Crippen LogP contribution >= 0.6 is 0 Å². The van der Waals surface area contributed by atoms with Crippen molar-refractivity contribution >= 4 is 5.78 Å². The highest BCUT2D eigenvalue weighted by Gasteiger charge is 2.26. The zero-order valence-corrected chi connectivity index (χ0v) is 8.31. The highest BCUT2D eigenvalue weighted by Crippen LogP contribution is 2.33. The predicted octanol–water partition coefficient (Wildman–Crippen LogP) is 3.10. The van der Waals surface area contributed by atoms with Gasteiger partial charge in [0.05, 0.1) is 0 Å². The first-order valence-corrected chi connectivity index (χ1v) is 4.77. The van der Waals surface area contributed by atoms with Gasteiger partial charge < -0.3 is 0 Å². The maximum absolute atomic E-state index is 11.5. The molecule has 1 aliphatic rings. The molecule has 0 amide bonds. The molecule has 0 atom stereocenters. The summed E-state index contributed by atoms with van der Waals surface area (Å²) in [6.07, 6.45) is 5.98. The van der Waals surface area contributed by atoms with Crippen molar-refractivity contribution in [1.29, 1.82) is 0 Å². The van der Waals surface area contributed by atoms with Crippen molar-refractivity contribution in [3.8, 4) is 0 Å². The highest BCUT2D eigenvalue weighted by molar-refractivity contribution is 5.96. The zero-order chi connectivity index (χ0) is 9.19. The summed E-state index contributed by atoms with van der Waals surface area (Å²) in [6, 6.07) is 0. The quantitative estimate of drug-likeness (QED) is 0.616. The van der Waals surface area contributed by atoms with Crippen LogP contribution in [0, 0.1) is 5.41 Å². The van der Waals surface area contributed by atoms with Gasteiger partial charge in [-0.25, -0.2) is 0 Å². The van der Waals surface area contributed by atoms with Crippen LogP contribution in [0.3, 0.4) is 0 Å². The third-order valence-corrected chi connectivity index (χ3v) is 2.42. The molecule has 0 heterocycles. The summed E-state index contributed by atoms with van der Waals surface area (Å²) in [7, 11) is 0. The Morgan fingerprint density at radius 2 is 2.17 bits per heavy atom. The van der Waals surface area contributed by atoms with Gasteiger partial charge in [-0.1, -0.05) is 33.3 Å². The minimum Gasteiger partial charge on any atom is -0.295 e. The standard InChI is InChI=1S/C11H18O/c1-4-5-9-6-7-11(2,3)8-10(9)12/h6H,4-5,7-8H2,1-3H3. The van der Waals surface area contributed by atoms with E-state index in [0.29, 0.717) is 5.78 Å². The lowest BCUT2D eigenvalue weighted by molar-refractivity contribution is -0.118. The fourth-order valence-electron chi connectivity index (χ4n) is 1.64. The van der Waals surface area contributed by atoms with Crippen LogP contribution in [0.1, 0.15) is 46.5 Å². The monoisotopic (exact) mass is 166 g/mol. The van der Waals surface area contributed by atoms with E-state index in [9.17, 15) is 4.79 Å².